The third-order valence-corrected chi connectivity index (χ3v) is 6.04. The van der Waals surface area contributed by atoms with Gasteiger partial charge < -0.3 is 0 Å². The van der Waals surface area contributed by atoms with Gasteiger partial charge in [0.2, 0.25) is 0 Å². The van der Waals surface area contributed by atoms with Gasteiger partial charge in [-0.15, -0.1) is 0 Å². The van der Waals surface area contributed by atoms with Crippen LogP contribution in [0.1, 0.15) is 95.1 Å². The topological polar surface area (TPSA) is 25.8 Å². The molecule has 1 fully saturated rings. The van der Waals surface area contributed by atoms with Crippen LogP contribution in [0.5, 0.6) is 0 Å². The van der Waals surface area contributed by atoms with Crippen molar-refractivity contribution in [3.63, 3.8) is 0 Å². The molecule has 0 atom stereocenters. The van der Waals surface area contributed by atoms with Gasteiger partial charge in [-0.2, -0.15) is 0 Å². The molecule has 140 valence electrons. The Bertz CT molecular complexity index is 650. The molecule has 0 spiro atoms. The average molecular weight is 351 g/mol. The molecule has 1 saturated carbocycles. The Hall–Kier alpha value is -1.70. The van der Waals surface area contributed by atoms with Crippen molar-refractivity contribution in [2.75, 3.05) is 0 Å². The van der Waals surface area contributed by atoms with Gasteiger partial charge in [0.25, 0.3) is 0 Å². The Morgan fingerprint density at radius 3 is 2.15 bits per heavy atom. The fourth-order valence-corrected chi connectivity index (χ4v) is 4.18. The number of benzene rings is 1. The number of rotatable bonds is 7. The summed E-state index contributed by atoms with van der Waals surface area (Å²) in [6, 6.07) is 8.67. The summed E-state index contributed by atoms with van der Waals surface area (Å²) < 4.78 is 0. The lowest BCUT2D eigenvalue weighted by atomic mass is 9.77. The van der Waals surface area contributed by atoms with E-state index in [0.29, 0.717) is 11.8 Å². The van der Waals surface area contributed by atoms with Crippen molar-refractivity contribution >= 4 is 0 Å². The quantitative estimate of drug-likeness (QED) is 0.497. The summed E-state index contributed by atoms with van der Waals surface area (Å²) in [5, 5.41) is 0. The van der Waals surface area contributed by atoms with Crippen molar-refractivity contribution in [3.8, 4) is 11.4 Å². The maximum absolute atomic E-state index is 4.67. The maximum Gasteiger partial charge on any atom is 0.159 e. The van der Waals surface area contributed by atoms with Gasteiger partial charge in [-0.25, -0.2) is 9.97 Å². The molecule has 0 aliphatic heterocycles. The van der Waals surface area contributed by atoms with E-state index in [-0.39, 0.29) is 0 Å². The first-order chi connectivity index (χ1) is 12.7. The molecule has 1 aromatic carbocycles. The molecule has 0 unspecified atom stereocenters. The highest BCUT2D eigenvalue weighted by Gasteiger charge is 2.22. The average Bonchev–Trinajstić information content (AvgIpc) is 2.69. The van der Waals surface area contributed by atoms with Crippen LogP contribution in [0.15, 0.2) is 36.7 Å². The number of aromatic nitrogens is 2. The largest absolute Gasteiger partial charge is 0.236 e. The second kappa shape index (κ2) is 9.30. The summed E-state index contributed by atoms with van der Waals surface area (Å²) >= 11 is 0. The van der Waals surface area contributed by atoms with Crippen LogP contribution in [0.4, 0.5) is 0 Å². The summed E-state index contributed by atoms with van der Waals surface area (Å²) in [7, 11) is 0. The minimum atomic E-state index is 0.560. The number of hydrogen-bond acceptors (Lipinski definition) is 2. The smallest absolute Gasteiger partial charge is 0.159 e. The first-order valence-corrected chi connectivity index (χ1v) is 10.6. The standard InChI is InChI=1S/C24H34N2/c1-4-5-6-7-19-8-10-21(11-9-19)23-16-25-24(26-17-23)22-14-12-20(13-15-22)18(2)3/h12-19,21H,4-11H2,1-3H3. The summed E-state index contributed by atoms with van der Waals surface area (Å²) in [6.07, 6.45) is 15.1. The molecule has 2 heteroatoms. The fourth-order valence-electron chi connectivity index (χ4n) is 4.18. The van der Waals surface area contributed by atoms with E-state index in [1.807, 2.05) is 0 Å². The lowest BCUT2D eigenvalue weighted by Gasteiger charge is -2.28. The van der Waals surface area contributed by atoms with E-state index in [2.05, 4.69) is 67.4 Å². The predicted molar refractivity (Wildman–Crippen MR) is 110 cm³/mol. The Balaban J connectivity index is 1.56. The molecule has 1 aliphatic rings. The number of nitrogens with zero attached hydrogens (tertiary/aromatic N) is 2. The lowest BCUT2D eigenvalue weighted by molar-refractivity contribution is 0.302. The molecule has 0 N–H and O–H groups in total. The molecule has 1 aliphatic carbocycles. The van der Waals surface area contributed by atoms with Crippen molar-refractivity contribution in [1.29, 1.82) is 0 Å². The zero-order chi connectivity index (χ0) is 18.4. The highest BCUT2D eigenvalue weighted by Crippen LogP contribution is 2.37. The fraction of sp³-hybridized carbons (Fsp3) is 0.583. The monoisotopic (exact) mass is 350 g/mol. The van der Waals surface area contributed by atoms with Crippen LogP contribution in [0.2, 0.25) is 0 Å². The van der Waals surface area contributed by atoms with Crippen molar-refractivity contribution in [1.82, 2.24) is 9.97 Å². The molecule has 0 saturated heterocycles. The number of hydrogen-bond donors (Lipinski definition) is 0. The normalized spacial score (nSPS) is 20.5. The minimum Gasteiger partial charge on any atom is -0.236 e. The molecule has 1 aromatic heterocycles. The second-order valence-electron chi connectivity index (χ2n) is 8.33. The van der Waals surface area contributed by atoms with Crippen LogP contribution in [0.25, 0.3) is 11.4 Å². The highest BCUT2D eigenvalue weighted by atomic mass is 14.9. The highest BCUT2D eigenvalue weighted by molar-refractivity contribution is 5.55. The van der Waals surface area contributed by atoms with Gasteiger partial charge in [-0.05, 0) is 54.6 Å². The minimum absolute atomic E-state index is 0.560. The first-order valence-electron chi connectivity index (χ1n) is 10.6. The van der Waals surface area contributed by atoms with E-state index in [0.717, 1.165) is 17.3 Å². The van der Waals surface area contributed by atoms with E-state index in [4.69, 9.17) is 0 Å². The first kappa shape index (κ1) is 19.1. The van der Waals surface area contributed by atoms with Gasteiger partial charge in [0.05, 0.1) is 0 Å². The summed E-state index contributed by atoms with van der Waals surface area (Å²) in [5.41, 5.74) is 3.81. The number of unbranched alkanes of at least 4 members (excludes halogenated alkanes) is 2. The van der Waals surface area contributed by atoms with Crippen LogP contribution >= 0.6 is 0 Å². The van der Waals surface area contributed by atoms with Crippen LogP contribution in [-0.4, -0.2) is 9.97 Å². The van der Waals surface area contributed by atoms with Crippen molar-refractivity contribution in [2.45, 2.75) is 84.0 Å². The van der Waals surface area contributed by atoms with Gasteiger partial charge in [0.15, 0.2) is 5.82 Å². The van der Waals surface area contributed by atoms with Gasteiger partial charge in [-0.3, -0.25) is 0 Å². The molecule has 1 heterocycles. The molecular weight excluding hydrogens is 316 g/mol. The van der Waals surface area contributed by atoms with Gasteiger partial charge >= 0.3 is 0 Å². The third-order valence-electron chi connectivity index (χ3n) is 6.04. The SMILES string of the molecule is CCCCCC1CCC(c2cnc(-c3ccc(C(C)C)cc3)nc2)CC1. The Labute approximate surface area is 159 Å². The second-order valence-corrected chi connectivity index (χ2v) is 8.33. The molecule has 2 nitrogen and oxygen atoms in total. The zero-order valence-electron chi connectivity index (χ0n) is 16.7. The molecule has 3 rings (SSSR count). The molecule has 0 bridgehead atoms. The van der Waals surface area contributed by atoms with Crippen LogP contribution in [-0.2, 0) is 0 Å². The Morgan fingerprint density at radius 1 is 0.923 bits per heavy atom. The molecule has 0 radical (unpaired) electrons. The Kier molecular flexibility index (Phi) is 6.82. The maximum atomic E-state index is 4.67. The summed E-state index contributed by atoms with van der Waals surface area (Å²) in [6.45, 7) is 6.73. The lowest BCUT2D eigenvalue weighted by Crippen LogP contribution is -2.14. The van der Waals surface area contributed by atoms with Gasteiger partial charge in [-0.1, -0.05) is 70.7 Å². The van der Waals surface area contributed by atoms with E-state index in [1.54, 1.807) is 0 Å². The Morgan fingerprint density at radius 2 is 1.58 bits per heavy atom. The zero-order valence-corrected chi connectivity index (χ0v) is 16.7. The van der Waals surface area contributed by atoms with Crippen LogP contribution < -0.4 is 0 Å². The third kappa shape index (κ3) is 4.93. The van der Waals surface area contributed by atoms with Crippen molar-refractivity contribution in [2.24, 2.45) is 5.92 Å². The van der Waals surface area contributed by atoms with Gasteiger partial charge in [0, 0.05) is 18.0 Å². The van der Waals surface area contributed by atoms with E-state index >= 15 is 0 Å². The van der Waals surface area contributed by atoms with Crippen LogP contribution in [0, 0.1) is 5.92 Å². The van der Waals surface area contributed by atoms with Crippen molar-refractivity contribution in [3.05, 3.63) is 47.8 Å². The van der Waals surface area contributed by atoms with Crippen molar-refractivity contribution < 1.29 is 0 Å². The molecule has 26 heavy (non-hydrogen) atoms. The summed E-state index contributed by atoms with van der Waals surface area (Å²) in [5.74, 6) is 3.02. The van der Waals surface area contributed by atoms with E-state index in [1.165, 1.54) is 62.5 Å². The van der Waals surface area contributed by atoms with Crippen LogP contribution in [0.3, 0.4) is 0 Å². The predicted octanol–water partition coefficient (Wildman–Crippen LogP) is 7.12. The van der Waals surface area contributed by atoms with E-state index < -0.39 is 0 Å². The molecular formula is C24H34N2. The summed E-state index contributed by atoms with van der Waals surface area (Å²) in [4.78, 5) is 9.33. The van der Waals surface area contributed by atoms with Gasteiger partial charge in [0.1, 0.15) is 0 Å². The van der Waals surface area contributed by atoms with E-state index in [9.17, 15) is 0 Å². The molecule has 2 aromatic rings. The molecule has 0 amide bonds.